The summed E-state index contributed by atoms with van der Waals surface area (Å²) in [6, 6.07) is 3.48. The first-order chi connectivity index (χ1) is 9.82. The smallest absolute Gasteiger partial charge is 0.293 e. The van der Waals surface area contributed by atoms with Crippen LogP contribution >= 0.6 is 0 Å². The molecule has 0 aliphatic carbocycles. The van der Waals surface area contributed by atoms with E-state index in [1.54, 1.807) is 0 Å². The number of anilines is 1. The summed E-state index contributed by atoms with van der Waals surface area (Å²) >= 11 is 0. The van der Waals surface area contributed by atoms with Crippen molar-refractivity contribution in [2.75, 3.05) is 25.9 Å². The quantitative estimate of drug-likeness (QED) is 0.492. The number of nitro groups is 1. The highest BCUT2D eigenvalue weighted by molar-refractivity contribution is 7.89. The second-order valence-corrected chi connectivity index (χ2v) is 6.94. The average molecular weight is 315 g/mol. The monoisotopic (exact) mass is 315 g/mol. The van der Waals surface area contributed by atoms with Gasteiger partial charge in [0, 0.05) is 26.3 Å². The molecule has 9 heteroatoms. The second-order valence-electron chi connectivity index (χ2n) is 4.90. The van der Waals surface area contributed by atoms with E-state index in [9.17, 15) is 18.5 Å². The largest absolute Gasteiger partial charge is 0.393 e. The Hall–Kier alpha value is -1.71. The number of nitrogen functional groups attached to an aromatic ring is 1. The number of hydrogen-bond donors (Lipinski definition) is 1. The standard InChI is InChI=1S/C12H17N3O5S/c1-14(8-9-3-2-6-20-9)21(18,19)10-4-5-11(13)12(7-10)15(16)17/h4-5,7,9H,2-3,6,8,13H2,1H3. The third-order valence-electron chi connectivity index (χ3n) is 3.39. The summed E-state index contributed by atoms with van der Waals surface area (Å²) in [5.41, 5.74) is 4.99. The summed E-state index contributed by atoms with van der Waals surface area (Å²) in [4.78, 5) is 10.00. The number of ether oxygens (including phenoxy) is 1. The zero-order valence-electron chi connectivity index (χ0n) is 11.6. The minimum Gasteiger partial charge on any atom is -0.393 e. The van der Waals surface area contributed by atoms with Gasteiger partial charge < -0.3 is 10.5 Å². The molecule has 116 valence electrons. The first-order valence-electron chi connectivity index (χ1n) is 6.44. The molecule has 0 amide bonds. The Balaban J connectivity index is 2.26. The van der Waals surface area contributed by atoms with Gasteiger partial charge in [0.25, 0.3) is 5.69 Å². The molecule has 8 nitrogen and oxygen atoms in total. The van der Waals surface area contributed by atoms with Gasteiger partial charge in [0.1, 0.15) is 5.69 Å². The predicted molar refractivity (Wildman–Crippen MR) is 76.3 cm³/mol. The topological polar surface area (TPSA) is 116 Å². The van der Waals surface area contributed by atoms with Gasteiger partial charge in [-0.05, 0) is 25.0 Å². The predicted octanol–water partition coefficient (Wildman–Crippen LogP) is 0.977. The third-order valence-corrected chi connectivity index (χ3v) is 5.21. The van der Waals surface area contributed by atoms with E-state index >= 15 is 0 Å². The molecule has 1 aromatic carbocycles. The molecule has 2 rings (SSSR count). The number of nitrogens with two attached hydrogens (primary N) is 1. The van der Waals surface area contributed by atoms with E-state index < -0.39 is 20.6 Å². The summed E-state index contributed by atoms with van der Waals surface area (Å²) in [5.74, 6) is 0. The Morgan fingerprint density at radius 2 is 2.24 bits per heavy atom. The van der Waals surface area contributed by atoms with Crippen molar-refractivity contribution in [3.05, 3.63) is 28.3 Å². The number of benzene rings is 1. The molecule has 1 unspecified atom stereocenters. The zero-order chi connectivity index (χ0) is 15.6. The van der Waals surface area contributed by atoms with Crippen molar-refractivity contribution < 1.29 is 18.1 Å². The first kappa shape index (κ1) is 15.7. The van der Waals surface area contributed by atoms with E-state index in [0.29, 0.717) is 6.61 Å². The molecule has 21 heavy (non-hydrogen) atoms. The van der Waals surface area contributed by atoms with E-state index in [1.807, 2.05) is 0 Å². The van der Waals surface area contributed by atoms with E-state index in [1.165, 1.54) is 19.2 Å². The number of nitro benzene ring substituents is 1. The molecule has 1 aromatic rings. The van der Waals surface area contributed by atoms with Gasteiger partial charge in [0.15, 0.2) is 0 Å². The summed E-state index contributed by atoms with van der Waals surface area (Å²) in [5, 5.41) is 10.8. The Morgan fingerprint density at radius 3 is 2.81 bits per heavy atom. The Morgan fingerprint density at radius 1 is 1.52 bits per heavy atom. The van der Waals surface area contributed by atoms with Gasteiger partial charge in [-0.15, -0.1) is 0 Å². The zero-order valence-corrected chi connectivity index (χ0v) is 12.4. The molecule has 1 fully saturated rings. The Bertz CT molecular complexity index is 640. The molecule has 0 spiro atoms. The van der Waals surface area contributed by atoms with Gasteiger partial charge in [-0.3, -0.25) is 10.1 Å². The fraction of sp³-hybridized carbons (Fsp3) is 0.500. The lowest BCUT2D eigenvalue weighted by Crippen LogP contribution is -2.34. The van der Waals surface area contributed by atoms with Gasteiger partial charge >= 0.3 is 0 Å². The Kier molecular flexibility index (Phi) is 4.45. The lowest BCUT2D eigenvalue weighted by Gasteiger charge is -2.20. The molecular formula is C12H17N3O5S. The van der Waals surface area contributed by atoms with Gasteiger partial charge in [0.2, 0.25) is 10.0 Å². The van der Waals surface area contributed by atoms with Crippen LogP contribution in [0, 0.1) is 10.1 Å². The van der Waals surface area contributed by atoms with Crippen LogP contribution in [0.15, 0.2) is 23.1 Å². The third kappa shape index (κ3) is 3.31. The number of nitrogens with zero attached hydrogens (tertiary/aromatic N) is 2. The molecule has 0 saturated carbocycles. The minimum absolute atomic E-state index is 0.0688. The SMILES string of the molecule is CN(CC1CCCO1)S(=O)(=O)c1ccc(N)c([N+](=O)[O-])c1. The van der Waals surface area contributed by atoms with Crippen molar-refractivity contribution in [3.8, 4) is 0 Å². The number of rotatable bonds is 5. The van der Waals surface area contributed by atoms with Gasteiger partial charge in [-0.25, -0.2) is 8.42 Å². The summed E-state index contributed by atoms with van der Waals surface area (Å²) in [7, 11) is -2.38. The fourth-order valence-electron chi connectivity index (χ4n) is 2.20. The van der Waals surface area contributed by atoms with Gasteiger partial charge in [-0.1, -0.05) is 0 Å². The van der Waals surface area contributed by atoms with Crippen molar-refractivity contribution in [3.63, 3.8) is 0 Å². The lowest BCUT2D eigenvalue weighted by atomic mass is 10.2. The van der Waals surface area contributed by atoms with Crippen LogP contribution in [-0.4, -0.2) is 43.9 Å². The van der Waals surface area contributed by atoms with Crippen molar-refractivity contribution in [1.82, 2.24) is 4.31 Å². The van der Waals surface area contributed by atoms with Gasteiger partial charge in [-0.2, -0.15) is 4.31 Å². The molecular weight excluding hydrogens is 298 g/mol. The van der Waals surface area contributed by atoms with Crippen molar-refractivity contribution >= 4 is 21.4 Å². The Labute approximate surface area is 122 Å². The molecule has 2 N–H and O–H groups in total. The normalized spacial score (nSPS) is 19.0. The van der Waals surface area contributed by atoms with Crippen LogP contribution in [0.1, 0.15) is 12.8 Å². The molecule has 0 bridgehead atoms. The summed E-state index contributed by atoms with van der Waals surface area (Å²) in [6.07, 6.45) is 1.58. The van der Waals surface area contributed by atoms with E-state index in [0.717, 1.165) is 23.2 Å². The van der Waals surface area contributed by atoms with E-state index in [4.69, 9.17) is 10.5 Å². The molecule has 1 aliphatic rings. The summed E-state index contributed by atoms with van der Waals surface area (Å²) in [6.45, 7) is 0.854. The van der Waals surface area contributed by atoms with Crippen LogP contribution in [0.5, 0.6) is 0 Å². The van der Waals surface area contributed by atoms with E-state index in [2.05, 4.69) is 0 Å². The molecule has 1 saturated heterocycles. The summed E-state index contributed by atoms with van der Waals surface area (Å²) < 4.78 is 31.4. The van der Waals surface area contributed by atoms with E-state index in [-0.39, 0.29) is 23.2 Å². The highest BCUT2D eigenvalue weighted by atomic mass is 32.2. The highest BCUT2D eigenvalue weighted by Gasteiger charge is 2.27. The number of likely N-dealkylation sites (N-methyl/N-ethyl adjacent to an activating group) is 1. The number of hydrogen-bond acceptors (Lipinski definition) is 6. The van der Waals surface area contributed by atoms with Crippen LogP contribution < -0.4 is 5.73 Å². The number of sulfonamides is 1. The van der Waals surface area contributed by atoms with Gasteiger partial charge in [0.05, 0.1) is 15.9 Å². The molecule has 1 aliphatic heterocycles. The van der Waals surface area contributed by atoms with Crippen LogP contribution in [0.25, 0.3) is 0 Å². The van der Waals surface area contributed by atoms with Crippen molar-refractivity contribution in [1.29, 1.82) is 0 Å². The average Bonchev–Trinajstić information content (AvgIpc) is 2.91. The molecule has 0 aromatic heterocycles. The fourth-order valence-corrected chi connectivity index (χ4v) is 3.42. The maximum Gasteiger partial charge on any atom is 0.293 e. The van der Waals surface area contributed by atoms with Crippen LogP contribution in [0.4, 0.5) is 11.4 Å². The maximum atomic E-state index is 12.4. The first-order valence-corrected chi connectivity index (χ1v) is 7.88. The van der Waals surface area contributed by atoms with Crippen molar-refractivity contribution in [2.24, 2.45) is 0 Å². The molecule has 0 radical (unpaired) electrons. The van der Waals surface area contributed by atoms with Crippen LogP contribution in [0.2, 0.25) is 0 Å². The van der Waals surface area contributed by atoms with Crippen LogP contribution in [-0.2, 0) is 14.8 Å². The van der Waals surface area contributed by atoms with Crippen LogP contribution in [0.3, 0.4) is 0 Å². The van der Waals surface area contributed by atoms with Crippen molar-refractivity contribution in [2.45, 2.75) is 23.8 Å². The maximum absolute atomic E-state index is 12.4. The highest BCUT2D eigenvalue weighted by Crippen LogP contribution is 2.26. The molecule has 1 heterocycles. The second kappa shape index (κ2) is 5.96. The molecule has 1 atom stereocenters. The minimum atomic E-state index is -3.81. The lowest BCUT2D eigenvalue weighted by molar-refractivity contribution is -0.384.